The van der Waals surface area contributed by atoms with Crippen LogP contribution in [0, 0.1) is 0 Å². The summed E-state index contributed by atoms with van der Waals surface area (Å²) in [6.07, 6.45) is 0. The van der Waals surface area contributed by atoms with Gasteiger partial charge in [-0.1, -0.05) is 27.5 Å². The highest BCUT2D eigenvalue weighted by atomic mass is 79.9. The van der Waals surface area contributed by atoms with Crippen molar-refractivity contribution in [1.82, 2.24) is 0 Å². The van der Waals surface area contributed by atoms with E-state index in [1.807, 2.05) is 0 Å². The predicted molar refractivity (Wildman–Crippen MR) is 54.8 cm³/mol. The highest BCUT2D eigenvalue weighted by Gasteiger charge is 2.15. The van der Waals surface area contributed by atoms with E-state index in [9.17, 15) is 5.11 Å². The molecule has 3 nitrogen and oxygen atoms in total. The maximum atomic E-state index is 9.53. The first kappa shape index (κ1) is 10.8. The van der Waals surface area contributed by atoms with Gasteiger partial charge in [0, 0.05) is 10.0 Å². The summed E-state index contributed by atoms with van der Waals surface area (Å²) in [4.78, 5) is 0. The second-order valence-electron chi connectivity index (χ2n) is 2.58. The van der Waals surface area contributed by atoms with E-state index in [2.05, 4.69) is 15.9 Å². The number of halogens is 2. The van der Waals surface area contributed by atoms with Crippen molar-refractivity contribution in [1.29, 1.82) is 0 Å². The Kier molecular flexibility index (Phi) is 3.55. The molecule has 0 heterocycles. The molecule has 1 aromatic rings. The third-order valence-electron chi connectivity index (χ3n) is 1.68. The van der Waals surface area contributed by atoms with Crippen molar-refractivity contribution in [3.63, 3.8) is 0 Å². The lowest BCUT2D eigenvalue weighted by molar-refractivity contribution is 0.265. The Hall–Kier alpha value is -0.290. The van der Waals surface area contributed by atoms with Crippen molar-refractivity contribution in [3.8, 4) is 5.75 Å². The van der Waals surface area contributed by atoms with E-state index < -0.39 is 6.04 Å². The van der Waals surface area contributed by atoms with Crippen LogP contribution in [0.2, 0.25) is 5.02 Å². The summed E-state index contributed by atoms with van der Waals surface area (Å²) in [5.74, 6) is -0.0856. The van der Waals surface area contributed by atoms with Crippen LogP contribution in [0.15, 0.2) is 16.6 Å². The first-order chi connectivity index (χ1) is 6.07. The number of rotatable bonds is 2. The normalized spacial score (nSPS) is 12.9. The summed E-state index contributed by atoms with van der Waals surface area (Å²) < 4.78 is 0.635. The van der Waals surface area contributed by atoms with Gasteiger partial charge in [0.05, 0.1) is 17.7 Å². The average molecular weight is 267 g/mol. The van der Waals surface area contributed by atoms with Gasteiger partial charge in [-0.05, 0) is 12.1 Å². The fraction of sp³-hybridized carbons (Fsp3) is 0.250. The molecule has 4 N–H and O–H groups in total. The van der Waals surface area contributed by atoms with Gasteiger partial charge < -0.3 is 15.9 Å². The Labute approximate surface area is 89.3 Å². The minimum absolute atomic E-state index is 0.0856. The monoisotopic (exact) mass is 265 g/mol. The highest BCUT2D eigenvalue weighted by molar-refractivity contribution is 9.10. The van der Waals surface area contributed by atoms with Crippen molar-refractivity contribution in [3.05, 3.63) is 27.2 Å². The molecular weight excluding hydrogens is 257 g/mol. The molecule has 5 heteroatoms. The summed E-state index contributed by atoms with van der Waals surface area (Å²) >= 11 is 8.89. The third kappa shape index (κ3) is 2.14. The SMILES string of the molecule is N[C@@H](CO)c1c(Br)ccc(Cl)c1O. The van der Waals surface area contributed by atoms with E-state index in [1.165, 1.54) is 0 Å². The van der Waals surface area contributed by atoms with E-state index in [0.717, 1.165) is 0 Å². The largest absolute Gasteiger partial charge is 0.506 e. The lowest BCUT2D eigenvalue weighted by atomic mass is 10.1. The molecule has 72 valence electrons. The third-order valence-corrected chi connectivity index (χ3v) is 2.68. The molecule has 0 aromatic heterocycles. The first-order valence-corrected chi connectivity index (χ1v) is 4.78. The van der Waals surface area contributed by atoms with Crippen molar-refractivity contribution >= 4 is 27.5 Å². The van der Waals surface area contributed by atoms with Gasteiger partial charge in [-0.25, -0.2) is 0 Å². The number of benzene rings is 1. The average Bonchev–Trinajstić information content (AvgIpc) is 2.12. The first-order valence-electron chi connectivity index (χ1n) is 3.61. The molecular formula is C8H9BrClNO2. The molecule has 13 heavy (non-hydrogen) atoms. The van der Waals surface area contributed by atoms with Gasteiger partial charge >= 0.3 is 0 Å². The Morgan fingerprint density at radius 3 is 2.69 bits per heavy atom. The molecule has 0 amide bonds. The summed E-state index contributed by atoms with van der Waals surface area (Å²) in [5, 5.41) is 18.6. The molecule has 0 bridgehead atoms. The van der Waals surface area contributed by atoms with Crippen LogP contribution in [0.4, 0.5) is 0 Å². The quantitative estimate of drug-likeness (QED) is 0.765. The highest BCUT2D eigenvalue weighted by Crippen LogP contribution is 2.36. The molecule has 0 saturated heterocycles. The lowest BCUT2D eigenvalue weighted by Gasteiger charge is -2.13. The fourth-order valence-corrected chi connectivity index (χ4v) is 1.78. The van der Waals surface area contributed by atoms with Crippen LogP contribution in [-0.2, 0) is 0 Å². The van der Waals surface area contributed by atoms with E-state index >= 15 is 0 Å². The molecule has 0 aliphatic rings. The van der Waals surface area contributed by atoms with Crippen LogP contribution in [0.3, 0.4) is 0 Å². The standard InChI is InChI=1S/C8H9BrClNO2/c9-4-1-2-5(10)8(13)7(4)6(11)3-12/h1-2,6,12-13H,3,11H2/t6-/m0/s1. The molecule has 0 aliphatic heterocycles. The zero-order valence-corrected chi connectivity index (χ0v) is 9.01. The van der Waals surface area contributed by atoms with Crippen LogP contribution in [0.1, 0.15) is 11.6 Å². The molecule has 0 saturated carbocycles. The van der Waals surface area contributed by atoms with Crippen LogP contribution < -0.4 is 5.73 Å². The number of phenolic OH excluding ortho intramolecular Hbond substituents is 1. The number of aliphatic hydroxyl groups is 1. The van der Waals surface area contributed by atoms with Gasteiger partial charge in [-0.2, -0.15) is 0 Å². The van der Waals surface area contributed by atoms with Gasteiger partial charge in [0.15, 0.2) is 0 Å². The van der Waals surface area contributed by atoms with Crippen LogP contribution >= 0.6 is 27.5 Å². The molecule has 1 atom stereocenters. The van der Waals surface area contributed by atoms with E-state index in [4.69, 9.17) is 22.4 Å². The molecule has 0 fully saturated rings. The zero-order chi connectivity index (χ0) is 10.0. The number of aliphatic hydroxyl groups excluding tert-OH is 1. The van der Waals surface area contributed by atoms with Gasteiger partial charge in [0.2, 0.25) is 0 Å². The van der Waals surface area contributed by atoms with Crippen molar-refractivity contribution in [2.75, 3.05) is 6.61 Å². The molecule has 0 aliphatic carbocycles. The van der Waals surface area contributed by atoms with Gasteiger partial charge in [-0.3, -0.25) is 0 Å². The molecule has 1 rings (SSSR count). The predicted octanol–water partition coefficient (Wildman–Crippen LogP) is 1.80. The van der Waals surface area contributed by atoms with E-state index in [0.29, 0.717) is 10.0 Å². The van der Waals surface area contributed by atoms with E-state index in [1.54, 1.807) is 12.1 Å². The van der Waals surface area contributed by atoms with Crippen LogP contribution in [0.25, 0.3) is 0 Å². The summed E-state index contributed by atoms with van der Waals surface area (Å²) in [7, 11) is 0. The maximum Gasteiger partial charge on any atom is 0.140 e. The molecule has 1 aromatic carbocycles. The van der Waals surface area contributed by atoms with Crippen molar-refractivity contribution in [2.45, 2.75) is 6.04 Å². The molecule has 0 spiro atoms. The zero-order valence-electron chi connectivity index (χ0n) is 6.67. The van der Waals surface area contributed by atoms with Crippen molar-refractivity contribution < 1.29 is 10.2 Å². The number of aromatic hydroxyl groups is 1. The number of hydrogen-bond donors (Lipinski definition) is 3. The second kappa shape index (κ2) is 4.28. The van der Waals surface area contributed by atoms with E-state index in [-0.39, 0.29) is 17.4 Å². The topological polar surface area (TPSA) is 66.5 Å². The lowest BCUT2D eigenvalue weighted by Crippen LogP contribution is -2.15. The minimum Gasteiger partial charge on any atom is -0.506 e. The van der Waals surface area contributed by atoms with Gasteiger partial charge in [0.1, 0.15) is 5.75 Å². The summed E-state index contributed by atoms with van der Waals surface area (Å²) in [6.45, 7) is -0.244. The van der Waals surface area contributed by atoms with Gasteiger partial charge in [-0.15, -0.1) is 0 Å². The minimum atomic E-state index is -0.631. The summed E-state index contributed by atoms with van der Waals surface area (Å²) in [5.41, 5.74) is 5.99. The maximum absolute atomic E-state index is 9.53. The molecule has 0 unspecified atom stereocenters. The van der Waals surface area contributed by atoms with Crippen molar-refractivity contribution in [2.24, 2.45) is 5.73 Å². The summed E-state index contributed by atoms with van der Waals surface area (Å²) in [6, 6.07) is 2.59. The molecule has 0 radical (unpaired) electrons. The van der Waals surface area contributed by atoms with Crippen LogP contribution in [0.5, 0.6) is 5.75 Å². The Morgan fingerprint density at radius 2 is 2.15 bits per heavy atom. The van der Waals surface area contributed by atoms with Crippen LogP contribution in [-0.4, -0.2) is 16.8 Å². The second-order valence-corrected chi connectivity index (χ2v) is 3.84. The Morgan fingerprint density at radius 1 is 1.54 bits per heavy atom. The Balaban J connectivity index is 3.25. The number of phenols is 1. The fourth-order valence-electron chi connectivity index (χ4n) is 1.00. The Bertz CT molecular complexity index is 319. The van der Waals surface area contributed by atoms with Gasteiger partial charge in [0.25, 0.3) is 0 Å². The number of nitrogens with two attached hydrogens (primary N) is 1. The smallest absolute Gasteiger partial charge is 0.140 e. The number of hydrogen-bond acceptors (Lipinski definition) is 3.